The second-order valence-electron chi connectivity index (χ2n) is 10.3. The van der Waals surface area contributed by atoms with Crippen molar-refractivity contribution < 1.29 is 8.96 Å². The standard InChI is InChI=1S/C30H30B2N2/c1-19-13-21(3)27(22(4)14-19)31-17-25-9-8-12-34-30(25)29-26(10-7-11-33(29)31)18-32(34)28-23(5)15-20(2)16-24(28)6/h7-18H,1-6H3/q+2. The van der Waals surface area contributed by atoms with E-state index in [0.717, 1.165) is 0 Å². The maximum absolute atomic E-state index is 2.49. The second kappa shape index (κ2) is 7.56. The third-order valence-electron chi connectivity index (χ3n) is 7.67. The Balaban J connectivity index is 1.70. The molecule has 2 aromatic heterocycles. The smallest absolute Gasteiger partial charge is 0.270 e. The molecule has 2 aromatic carbocycles. The number of pyridine rings is 2. The van der Waals surface area contributed by atoms with Gasteiger partial charge >= 0.3 is 13.7 Å². The minimum absolute atomic E-state index is 0.187. The highest BCUT2D eigenvalue weighted by Gasteiger charge is 2.42. The van der Waals surface area contributed by atoms with Crippen LogP contribution in [0.25, 0.3) is 12.0 Å². The van der Waals surface area contributed by atoms with Gasteiger partial charge in [0.05, 0.1) is 0 Å². The van der Waals surface area contributed by atoms with E-state index < -0.39 is 0 Å². The van der Waals surface area contributed by atoms with Crippen LogP contribution in [0.4, 0.5) is 0 Å². The highest BCUT2D eigenvalue weighted by Crippen LogP contribution is 2.10. The van der Waals surface area contributed by atoms with Gasteiger partial charge in [0.1, 0.15) is 12.4 Å². The zero-order chi connectivity index (χ0) is 23.7. The predicted molar refractivity (Wildman–Crippen MR) is 142 cm³/mol. The first kappa shape index (κ1) is 21.2. The lowest BCUT2D eigenvalue weighted by Gasteiger charge is -2.18. The van der Waals surface area contributed by atoms with Crippen molar-refractivity contribution in [2.24, 2.45) is 0 Å². The van der Waals surface area contributed by atoms with Crippen LogP contribution >= 0.6 is 0 Å². The van der Waals surface area contributed by atoms with Crippen LogP contribution < -0.4 is 30.3 Å². The van der Waals surface area contributed by atoms with E-state index in [1.54, 1.807) is 0 Å². The van der Waals surface area contributed by atoms with Crippen molar-refractivity contribution in [2.45, 2.75) is 41.5 Å². The maximum atomic E-state index is 2.49. The van der Waals surface area contributed by atoms with E-state index in [4.69, 9.17) is 0 Å². The summed E-state index contributed by atoms with van der Waals surface area (Å²) < 4.78 is 4.97. The fourth-order valence-corrected chi connectivity index (χ4v) is 6.60. The lowest BCUT2D eigenvalue weighted by Crippen LogP contribution is -2.70. The van der Waals surface area contributed by atoms with Crippen molar-refractivity contribution in [2.75, 3.05) is 0 Å². The quantitative estimate of drug-likeness (QED) is 0.419. The number of benzene rings is 2. The first-order valence-corrected chi connectivity index (χ1v) is 12.3. The molecule has 2 nitrogen and oxygen atoms in total. The Morgan fingerprint density at radius 3 is 1.24 bits per heavy atom. The van der Waals surface area contributed by atoms with Gasteiger partial charge in [0, 0.05) is 33.5 Å². The summed E-state index contributed by atoms with van der Waals surface area (Å²) in [6.07, 6.45) is 4.52. The van der Waals surface area contributed by atoms with Gasteiger partial charge in [0.2, 0.25) is 0 Å². The maximum Gasteiger partial charge on any atom is 0.553 e. The average molecular weight is 440 g/mol. The predicted octanol–water partition coefficient (Wildman–Crippen LogP) is 1.56. The Labute approximate surface area is 202 Å². The number of hydrogen-bond donors (Lipinski definition) is 0. The van der Waals surface area contributed by atoms with E-state index in [1.807, 2.05) is 0 Å². The summed E-state index contributed by atoms with van der Waals surface area (Å²) in [6.45, 7) is 13.8. The molecule has 2 aliphatic heterocycles. The highest BCUT2D eigenvalue weighted by atomic mass is 14.9. The summed E-state index contributed by atoms with van der Waals surface area (Å²) >= 11 is 0. The fourth-order valence-electron chi connectivity index (χ4n) is 6.60. The molecule has 0 unspecified atom stereocenters. The number of nitrogens with zero attached hydrogens (tertiary/aromatic N) is 2. The molecule has 164 valence electrons. The minimum Gasteiger partial charge on any atom is -0.270 e. The van der Waals surface area contributed by atoms with Crippen LogP contribution in [-0.4, -0.2) is 13.7 Å². The second-order valence-corrected chi connectivity index (χ2v) is 10.3. The molecule has 4 heterocycles. The first-order valence-electron chi connectivity index (χ1n) is 12.3. The summed E-state index contributed by atoms with van der Waals surface area (Å²) in [6, 6.07) is 18.3. The molecular formula is C30H30B2N2+2. The molecule has 4 heteroatoms. The molecule has 0 saturated carbocycles. The summed E-state index contributed by atoms with van der Waals surface area (Å²) in [5.41, 5.74) is 10.9. The Morgan fingerprint density at radius 1 is 0.529 bits per heavy atom. The molecule has 0 N–H and O–H groups in total. The number of aromatic nitrogens is 2. The van der Waals surface area contributed by atoms with Crippen LogP contribution in [-0.2, 0) is 0 Å². The van der Waals surface area contributed by atoms with Crippen LogP contribution in [0.3, 0.4) is 0 Å². The van der Waals surface area contributed by atoms with E-state index in [-0.39, 0.29) is 13.7 Å². The lowest BCUT2D eigenvalue weighted by atomic mass is 9.50. The Morgan fingerprint density at radius 2 is 0.882 bits per heavy atom. The van der Waals surface area contributed by atoms with Gasteiger partial charge in [0.15, 0.2) is 0 Å². The van der Waals surface area contributed by atoms with E-state index in [9.17, 15) is 0 Å². The van der Waals surface area contributed by atoms with Crippen molar-refractivity contribution >= 4 is 36.6 Å². The van der Waals surface area contributed by atoms with Gasteiger partial charge in [-0.3, -0.25) is 8.96 Å². The molecule has 0 saturated heterocycles. The summed E-state index contributed by atoms with van der Waals surface area (Å²) in [5.74, 6) is 4.93. The van der Waals surface area contributed by atoms with Crippen LogP contribution in [0.1, 0.15) is 33.4 Å². The zero-order valence-corrected chi connectivity index (χ0v) is 21.0. The fraction of sp³-hybridized carbons (Fsp3) is 0.200. The molecule has 0 amide bonds. The zero-order valence-electron chi connectivity index (χ0n) is 21.0. The lowest BCUT2D eigenvalue weighted by molar-refractivity contribution is -0.580. The third kappa shape index (κ3) is 3.05. The minimum atomic E-state index is 0.187. The van der Waals surface area contributed by atoms with Crippen LogP contribution in [0.5, 0.6) is 0 Å². The molecule has 6 rings (SSSR count). The molecule has 0 spiro atoms. The molecule has 4 aromatic rings. The number of hydrogen-bond acceptors (Lipinski definition) is 0. The van der Waals surface area contributed by atoms with Gasteiger partial charge in [-0.2, -0.15) is 0 Å². The SMILES string of the molecule is Cc1cc(C)c(B2C=c3ccc[n+]4c3=c3c(ccc[n+]32)=CB4c2c(C)cc(C)cc2C)c(C)c1. The Bertz CT molecular complexity index is 1560. The summed E-state index contributed by atoms with van der Waals surface area (Å²) in [4.78, 5) is 0. The van der Waals surface area contributed by atoms with Crippen molar-refractivity contribution in [3.8, 4) is 0 Å². The molecule has 0 radical (unpaired) electrons. The van der Waals surface area contributed by atoms with Gasteiger partial charge in [0.25, 0.3) is 10.7 Å². The molecule has 0 aliphatic carbocycles. The van der Waals surface area contributed by atoms with Gasteiger partial charge in [-0.25, -0.2) is 0 Å². The number of aryl methyl sites for hydroxylation is 6. The summed E-state index contributed by atoms with van der Waals surface area (Å²) in [7, 11) is 0. The van der Waals surface area contributed by atoms with Gasteiger partial charge in [-0.15, -0.1) is 0 Å². The largest absolute Gasteiger partial charge is 0.553 e. The van der Waals surface area contributed by atoms with Gasteiger partial charge in [-0.05, 0) is 87.9 Å². The number of rotatable bonds is 2. The molecule has 0 bridgehead atoms. The van der Waals surface area contributed by atoms with Crippen LogP contribution in [0.15, 0.2) is 60.9 Å². The Kier molecular flexibility index (Phi) is 4.71. The van der Waals surface area contributed by atoms with E-state index >= 15 is 0 Å². The van der Waals surface area contributed by atoms with Crippen molar-refractivity contribution in [1.29, 1.82) is 0 Å². The van der Waals surface area contributed by atoms with Crippen LogP contribution in [0, 0.1) is 52.2 Å². The normalized spacial score (nSPS) is 13.4. The van der Waals surface area contributed by atoms with Crippen LogP contribution in [0.2, 0.25) is 0 Å². The monoisotopic (exact) mass is 440 g/mol. The summed E-state index contributed by atoms with van der Waals surface area (Å²) in [5, 5.41) is 5.28. The van der Waals surface area contributed by atoms with Crippen molar-refractivity contribution in [3.05, 3.63) is 115 Å². The van der Waals surface area contributed by atoms with E-state index in [0.29, 0.717) is 0 Å². The van der Waals surface area contributed by atoms with Crippen molar-refractivity contribution in [3.63, 3.8) is 0 Å². The highest BCUT2D eigenvalue weighted by molar-refractivity contribution is 6.80. The van der Waals surface area contributed by atoms with E-state index in [1.165, 1.54) is 65.4 Å². The Hall–Kier alpha value is -3.39. The molecule has 0 fully saturated rings. The third-order valence-corrected chi connectivity index (χ3v) is 7.67. The average Bonchev–Trinajstić information content (AvgIpc) is 2.77. The van der Waals surface area contributed by atoms with E-state index in [2.05, 4.69) is 123 Å². The first-order chi connectivity index (χ1) is 16.3. The molecule has 34 heavy (non-hydrogen) atoms. The molecule has 2 aliphatic rings. The van der Waals surface area contributed by atoms with Gasteiger partial charge < -0.3 is 0 Å². The van der Waals surface area contributed by atoms with Gasteiger partial charge in [-0.1, -0.05) is 35.4 Å². The molecular weight excluding hydrogens is 410 g/mol. The molecule has 0 atom stereocenters. The topological polar surface area (TPSA) is 7.76 Å². The van der Waals surface area contributed by atoms with Crippen molar-refractivity contribution in [1.82, 2.24) is 0 Å².